The number of aliphatic hydroxyl groups is 3. The van der Waals surface area contributed by atoms with Gasteiger partial charge in [-0.15, -0.1) is 0 Å². The first kappa shape index (κ1) is 14.9. The Balaban J connectivity index is 1.83. The van der Waals surface area contributed by atoms with E-state index in [0.717, 1.165) is 5.56 Å². The predicted molar refractivity (Wildman–Crippen MR) is 69.3 cm³/mol. The van der Waals surface area contributed by atoms with Crippen LogP contribution in [0.25, 0.3) is 0 Å². The minimum Gasteiger partial charge on any atom is -0.505 e. The summed E-state index contributed by atoms with van der Waals surface area (Å²) in [6, 6.07) is 8.88. The van der Waals surface area contributed by atoms with Gasteiger partial charge < -0.3 is 24.8 Å². The molecule has 1 aromatic rings. The molecule has 0 aliphatic carbocycles. The average molecular weight is 294 g/mol. The number of aliphatic hydroxyl groups excluding tert-OH is 3. The summed E-state index contributed by atoms with van der Waals surface area (Å²) < 4.78 is 9.39. The lowest BCUT2D eigenvalue weighted by Gasteiger charge is -2.17. The fraction of sp³-hybridized carbons (Fsp3) is 0.286. The van der Waals surface area contributed by atoms with Crippen LogP contribution in [-0.2, 0) is 25.5 Å². The Morgan fingerprint density at radius 3 is 2.52 bits per heavy atom. The van der Waals surface area contributed by atoms with Crippen LogP contribution < -0.4 is 0 Å². The molecule has 1 heterocycles. The van der Waals surface area contributed by atoms with E-state index in [-0.39, 0.29) is 6.42 Å². The second-order valence-corrected chi connectivity index (χ2v) is 4.47. The molecule has 0 saturated heterocycles. The first-order chi connectivity index (χ1) is 9.99. The summed E-state index contributed by atoms with van der Waals surface area (Å²) in [6.07, 6.45) is -2.86. The number of ether oxygens (including phenoxy) is 2. The van der Waals surface area contributed by atoms with Gasteiger partial charge in [0, 0.05) is 0 Å². The highest BCUT2D eigenvalue weighted by atomic mass is 16.6. The molecule has 7 heteroatoms. The van der Waals surface area contributed by atoms with E-state index in [4.69, 9.17) is 9.84 Å². The molecule has 1 aliphatic rings. The summed E-state index contributed by atoms with van der Waals surface area (Å²) in [5.74, 6) is -3.43. The van der Waals surface area contributed by atoms with Gasteiger partial charge in [0.1, 0.15) is 12.7 Å². The van der Waals surface area contributed by atoms with E-state index in [1.807, 2.05) is 6.07 Å². The predicted octanol–water partition coefficient (Wildman–Crippen LogP) is 0.386. The van der Waals surface area contributed by atoms with E-state index in [2.05, 4.69) is 4.74 Å². The minimum atomic E-state index is -1.46. The van der Waals surface area contributed by atoms with Crippen LogP contribution in [0.3, 0.4) is 0 Å². The molecule has 0 amide bonds. The van der Waals surface area contributed by atoms with E-state index >= 15 is 0 Å². The Bertz CT molecular complexity index is 564. The third kappa shape index (κ3) is 3.51. The van der Waals surface area contributed by atoms with E-state index in [1.54, 1.807) is 24.3 Å². The molecule has 0 radical (unpaired) electrons. The van der Waals surface area contributed by atoms with Gasteiger partial charge in [0.05, 0.1) is 6.42 Å². The smallest absolute Gasteiger partial charge is 0.377 e. The van der Waals surface area contributed by atoms with Gasteiger partial charge in [0.25, 0.3) is 0 Å². The molecule has 7 nitrogen and oxygen atoms in total. The lowest BCUT2D eigenvalue weighted by Crippen LogP contribution is -2.33. The van der Waals surface area contributed by atoms with Crippen molar-refractivity contribution in [3.05, 3.63) is 47.4 Å². The highest BCUT2D eigenvalue weighted by Crippen LogP contribution is 2.21. The first-order valence-corrected chi connectivity index (χ1v) is 6.19. The number of carbonyl (C=O) groups excluding carboxylic acids is 2. The Morgan fingerprint density at radius 1 is 1.29 bits per heavy atom. The van der Waals surface area contributed by atoms with Crippen LogP contribution in [0.4, 0.5) is 0 Å². The quantitative estimate of drug-likeness (QED) is 0.673. The standard InChI is InChI=1S/C14H14O7/c15-9(13-11(17)12(18)14(19)21-13)7-20-10(16)6-8-4-2-1-3-5-8/h1-5,9,13,15,17-18H,6-7H2/t9-,13+/m0/s1. The maximum absolute atomic E-state index is 11.6. The minimum absolute atomic E-state index is 0.0328. The molecule has 0 aromatic heterocycles. The molecule has 0 unspecified atom stereocenters. The first-order valence-electron chi connectivity index (χ1n) is 6.19. The van der Waals surface area contributed by atoms with Gasteiger partial charge in [0.15, 0.2) is 11.9 Å². The monoisotopic (exact) mass is 294 g/mol. The number of benzene rings is 1. The zero-order valence-corrected chi connectivity index (χ0v) is 10.9. The maximum Gasteiger partial charge on any atom is 0.377 e. The van der Waals surface area contributed by atoms with Crippen molar-refractivity contribution in [1.29, 1.82) is 0 Å². The Morgan fingerprint density at radius 2 is 1.95 bits per heavy atom. The molecule has 1 aromatic carbocycles. The molecule has 0 saturated carbocycles. The summed E-state index contributed by atoms with van der Waals surface area (Å²) in [6.45, 7) is -0.471. The largest absolute Gasteiger partial charge is 0.505 e. The number of hydrogen-bond acceptors (Lipinski definition) is 7. The topological polar surface area (TPSA) is 113 Å². The zero-order valence-electron chi connectivity index (χ0n) is 10.9. The van der Waals surface area contributed by atoms with E-state index < -0.39 is 42.3 Å². The van der Waals surface area contributed by atoms with Crippen LogP contribution in [0, 0.1) is 0 Å². The lowest BCUT2D eigenvalue weighted by molar-refractivity contribution is -0.154. The highest BCUT2D eigenvalue weighted by Gasteiger charge is 2.39. The Hall–Kier alpha value is -2.54. The van der Waals surface area contributed by atoms with Gasteiger partial charge in [-0.1, -0.05) is 30.3 Å². The van der Waals surface area contributed by atoms with Gasteiger partial charge in [-0.2, -0.15) is 0 Å². The number of esters is 2. The maximum atomic E-state index is 11.6. The van der Waals surface area contributed by atoms with Gasteiger partial charge in [-0.05, 0) is 5.56 Å². The van der Waals surface area contributed by atoms with E-state index in [1.165, 1.54) is 0 Å². The second kappa shape index (κ2) is 6.27. The number of hydrogen-bond donors (Lipinski definition) is 3. The van der Waals surface area contributed by atoms with Gasteiger partial charge in [0.2, 0.25) is 5.76 Å². The fourth-order valence-corrected chi connectivity index (χ4v) is 1.81. The molecule has 0 bridgehead atoms. The molecule has 1 aliphatic heterocycles. The molecule has 2 atom stereocenters. The van der Waals surface area contributed by atoms with Crippen molar-refractivity contribution in [3.8, 4) is 0 Å². The summed E-state index contributed by atoms with van der Waals surface area (Å²) in [4.78, 5) is 22.5. The summed E-state index contributed by atoms with van der Waals surface area (Å²) in [5, 5.41) is 28.2. The molecule has 21 heavy (non-hydrogen) atoms. The normalized spacial score (nSPS) is 19.3. The van der Waals surface area contributed by atoms with Crippen molar-refractivity contribution in [3.63, 3.8) is 0 Å². The lowest BCUT2D eigenvalue weighted by atomic mass is 10.1. The fourth-order valence-electron chi connectivity index (χ4n) is 1.81. The average Bonchev–Trinajstić information content (AvgIpc) is 2.73. The van der Waals surface area contributed by atoms with Gasteiger partial charge in [-0.25, -0.2) is 4.79 Å². The molecule has 2 rings (SSSR count). The molecule has 112 valence electrons. The number of rotatable bonds is 5. The molecule has 0 fully saturated rings. The van der Waals surface area contributed by atoms with Crippen LogP contribution in [0.15, 0.2) is 41.9 Å². The highest BCUT2D eigenvalue weighted by molar-refractivity contribution is 5.89. The second-order valence-electron chi connectivity index (χ2n) is 4.47. The van der Waals surface area contributed by atoms with Crippen molar-refractivity contribution in [2.24, 2.45) is 0 Å². The Labute approximate surface area is 120 Å². The summed E-state index contributed by atoms with van der Waals surface area (Å²) in [7, 11) is 0. The van der Waals surface area contributed by atoms with Crippen molar-refractivity contribution < 1.29 is 34.4 Å². The molecular weight excluding hydrogens is 280 g/mol. The molecular formula is C14H14O7. The Kier molecular flexibility index (Phi) is 4.44. The molecule has 0 spiro atoms. The number of carbonyl (C=O) groups is 2. The SMILES string of the molecule is O=C(Cc1ccccc1)OC[C@H](O)[C@H]1OC(=O)C(O)=C1O. The molecule has 3 N–H and O–H groups in total. The third-order valence-corrected chi connectivity index (χ3v) is 2.90. The van der Waals surface area contributed by atoms with Crippen LogP contribution in [0.5, 0.6) is 0 Å². The summed E-state index contributed by atoms with van der Waals surface area (Å²) in [5.41, 5.74) is 0.754. The van der Waals surface area contributed by atoms with Crippen molar-refractivity contribution in [2.45, 2.75) is 18.6 Å². The van der Waals surface area contributed by atoms with Crippen LogP contribution in [0.1, 0.15) is 5.56 Å². The zero-order chi connectivity index (χ0) is 15.4. The van der Waals surface area contributed by atoms with Gasteiger partial charge >= 0.3 is 11.9 Å². The van der Waals surface area contributed by atoms with Crippen LogP contribution in [0.2, 0.25) is 0 Å². The number of cyclic esters (lactones) is 1. The third-order valence-electron chi connectivity index (χ3n) is 2.90. The van der Waals surface area contributed by atoms with E-state index in [9.17, 15) is 19.8 Å². The van der Waals surface area contributed by atoms with Crippen molar-refractivity contribution in [1.82, 2.24) is 0 Å². The summed E-state index contributed by atoms with van der Waals surface area (Å²) >= 11 is 0. The van der Waals surface area contributed by atoms with E-state index in [0.29, 0.717) is 0 Å². The van der Waals surface area contributed by atoms with Crippen molar-refractivity contribution in [2.75, 3.05) is 6.61 Å². The van der Waals surface area contributed by atoms with Crippen molar-refractivity contribution >= 4 is 11.9 Å². The van der Waals surface area contributed by atoms with Gasteiger partial charge in [-0.3, -0.25) is 4.79 Å². The van der Waals surface area contributed by atoms with Crippen LogP contribution >= 0.6 is 0 Å². The van der Waals surface area contributed by atoms with Crippen LogP contribution in [-0.4, -0.2) is 46.1 Å².